The number of aliphatic hydroxyl groups is 2. The molecule has 1 radical (unpaired) electrons. The molecule has 0 amide bonds. The van der Waals surface area contributed by atoms with E-state index >= 15 is 0 Å². The number of hydrogen-bond donors (Lipinski definition) is 2. The van der Waals surface area contributed by atoms with Crippen LogP contribution in [0.4, 0.5) is 0 Å². The second-order valence-electron chi connectivity index (χ2n) is 4.36. The van der Waals surface area contributed by atoms with Gasteiger partial charge in [0.25, 0.3) is 0 Å². The van der Waals surface area contributed by atoms with Gasteiger partial charge in [0.05, 0.1) is 18.4 Å². The van der Waals surface area contributed by atoms with Crippen LogP contribution < -0.4 is 5.32 Å². The molecule has 0 aromatic heterocycles. The molecule has 2 heterocycles. The third-order valence-corrected chi connectivity index (χ3v) is 3.13. The van der Waals surface area contributed by atoms with Gasteiger partial charge in [-0.05, 0) is 25.8 Å². The standard InChI is InChI=1S/C10H19N2O2/c13-8-3-4-11-10(6-8)12-5-1-2-9(14)7-12/h8-10,13-14H,1-7H2. The van der Waals surface area contributed by atoms with Gasteiger partial charge in [-0.1, -0.05) is 0 Å². The highest BCUT2D eigenvalue weighted by molar-refractivity contribution is 4.82. The van der Waals surface area contributed by atoms with E-state index in [-0.39, 0.29) is 18.4 Å². The van der Waals surface area contributed by atoms with Crippen molar-refractivity contribution in [3.8, 4) is 0 Å². The third kappa shape index (κ3) is 2.45. The van der Waals surface area contributed by atoms with Crippen LogP contribution in [0.25, 0.3) is 0 Å². The van der Waals surface area contributed by atoms with Crippen molar-refractivity contribution < 1.29 is 10.2 Å². The molecule has 0 spiro atoms. The highest BCUT2D eigenvalue weighted by Crippen LogP contribution is 2.18. The maximum Gasteiger partial charge on any atom is 0.0786 e. The Bertz CT molecular complexity index is 169. The summed E-state index contributed by atoms with van der Waals surface area (Å²) in [7, 11) is 0. The lowest BCUT2D eigenvalue weighted by atomic mass is 10.0. The van der Waals surface area contributed by atoms with E-state index < -0.39 is 0 Å². The molecule has 14 heavy (non-hydrogen) atoms. The normalized spacial score (nSPS) is 41.1. The molecule has 81 valence electrons. The van der Waals surface area contributed by atoms with Gasteiger partial charge in [0.15, 0.2) is 0 Å². The Morgan fingerprint density at radius 3 is 2.71 bits per heavy atom. The summed E-state index contributed by atoms with van der Waals surface area (Å²) in [5.41, 5.74) is 0. The number of likely N-dealkylation sites (tertiary alicyclic amines) is 1. The molecule has 0 bridgehead atoms. The molecule has 2 fully saturated rings. The zero-order valence-electron chi connectivity index (χ0n) is 8.47. The Morgan fingerprint density at radius 2 is 2.00 bits per heavy atom. The van der Waals surface area contributed by atoms with Crippen molar-refractivity contribution in [2.75, 3.05) is 19.6 Å². The monoisotopic (exact) mass is 199 g/mol. The Morgan fingerprint density at radius 1 is 1.14 bits per heavy atom. The number of nitrogens with zero attached hydrogens (tertiary/aromatic N) is 2. The number of piperidine rings is 2. The second kappa shape index (κ2) is 4.57. The van der Waals surface area contributed by atoms with Crippen molar-refractivity contribution in [1.82, 2.24) is 10.2 Å². The van der Waals surface area contributed by atoms with Crippen LogP contribution in [0, 0.1) is 0 Å². The first-order valence-corrected chi connectivity index (χ1v) is 5.52. The van der Waals surface area contributed by atoms with Gasteiger partial charge < -0.3 is 10.2 Å². The quantitative estimate of drug-likeness (QED) is 0.600. The molecule has 0 saturated carbocycles. The number of β-amino-alcohol motifs (C(OH)–C–C–N with tert-alkyl or cyclic N) is 1. The first-order valence-electron chi connectivity index (χ1n) is 5.52. The average Bonchev–Trinajstić information content (AvgIpc) is 2.18. The van der Waals surface area contributed by atoms with E-state index in [0.717, 1.165) is 45.3 Å². The Balaban J connectivity index is 1.86. The van der Waals surface area contributed by atoms with Crippen molar-refractivity contribution in [2.45, 2.75) is 44.1 Å². The summed E-state index contributed by atoms with van der Waals surface area (Å²) in [6, 6.07) is 0. The van der Waals surface area contributed by atoms with E-state index in [2.05, 4.69) is 10.2 Å². The lowest BCUT2D eigenvalue weighted by Gasteiger charge is -2.39. The summed E-state index contributed by atoms with van der Waals surface area (Å²) in [5.74, 6) is 0. The first-order chi connectivity index (χ1) is 6.75. The van der Waals surface area contributed by atoms with E-state index in [9.17, 15) is 10.2 Å². The minimum atomic E-state index is -0.198. The van der Waals surface area contributed by atoms with Gasteiger partial charge in [-0.15, -0.1) is 0 Å². The average molecular weight is 199 g/mol. The Hall–Kier alpha value is -0.160. The lowest BCUT2D eigenvalue weighted by Crippen LogP contribution is -2.52. The van der Waals surface area contributed by atoms with Crippen molar-refractivity contribution in [3.05, 3.63) is 0 Å². The number of aliphatic hydroxyl groups excluding tert-OH is 2. The van der Waals surface area contributed by atoms with Gasteiger partial charge in [-0.3, -0.25) is 4.90 Å². The predicted molar refractivity (Wildman–Crippen MR) is 52.8 cm³/mol. The van der Waals surface area contributed by atoms with Crippen LogP contribution in [0.2, 0.25) is 0 Å². The van der Waals surface area contributed by atoms with Gasteiger partial charge >= 0.3 is 0 Å². The molecule has 0 aromatic rings. The predicted octanol–water partition coefficient (Wildman–Crippen LogP) is -0.472. The summed E-state index contributed by atoms with van der Waals surface area (Å²) in [6.45, 7) is 2.50. The summed E-state index contributed by atoms with van der Waals surface area (Å²) < 4.78 is 0. The van der Waals surface area contributed by atoms with E-state index in [0.29, 0.717) is 0 Å². The van der Waals surface area contributed by atoms with Crippen molar-refractivity contribution in [1.29, 1.82) is 0 Å². The molecule has 2 aliphatic rings. The molecular weight excluding hydrogens is 180 g/mol. The van der Waals surface area contributed by atoms with Crippen LogP contribution in [0.15, 0.2) is 0 Å². The van der Waals surface area contributed by atoms with Crippen LogP contribution in [-0.2, 0) is 0 Å². The zero-order valence-corrected chi connectivity index (χ0v) is 8.47. The molecule has 2 aliphatic heterocycles. The minimum Gasteiger partial charge on any atom is -0.393 e. The smallest absolute Gasteiger partial charge is 0.0786 e. The molecule has 2 rings (SSSR count). The fourth-order valence-corrected chi connectivity index (χ4v) is 2.33. The third-order valence-electron chi connectivity index (χ3n) is 3.13. The largest absolute Gasteiger partial charge is 0.393 e. The summed E-state index contributed by atoms with van der Waals surface area (Å²) in [6.07, 6.45) is 3.25. The Kier molecular flexibility index (Phi) is 3.38. The second-order valence-corrected chi connectivity index (χ2v) is 4.36. The molecule has 4 heteroatoms. The lowest BCUT2D eigenvalue weighted by molar-refractivity contribution is 0.000461. The highest BCUT2D eigenvalue weighted by Gasteiger charge is 2.29. The fourth-order valence-electron chi connectivity index (χ4n) is 2.33. The highest BCUT2D eigenvalue weighted by atomic mass is 16.3. The molecule has 0 aliphatic carbocycles. The van der Waals surface area contributed by atoms with Crippen LogP contribution >= 0.6 is 0 Å². The van der Waals surface area contributed by atoms with E-state index in [1.165, 1.54) is 0 Å². The van der Waals surface area contributed by atoms with Crippen LogP contribution in [0.1, 0.15) is 25.7 Å². The van der Waals surface area contributed by atoms with E-state index in [4.69, 9.17) is 0 Å². The van der Waals surface area contributed by atoms with Crippen LogP contribution in [0.3, 0.4) is 0 Å². The maximum atomic E-state index is 9.53. The number of hydrogen-bond acceptors (Lipinski definition) is 3. The van der Waals surface area contributed by atoms with Crippen molar-refractivity contribution in [3.63, 3.8) is 0 Å². The summed E-state index contributed by atoms with van der Waals surface area (Å²) >= 11 is 0. The van der Waals surface area contributed by atoms with Crippen LogP contribution in [0.5, 0.6) is 0 Å². The van der Waals surface area contributed by atoms with Gasteiger partial charge in [0, 0.05) is 19.5 Å². The Labute approximate surface area is 84.9 Å². The first kappa shape index (κ1) is 10.4. The number of rotatable bonds is 1. The van der Waals surface area contributed by atoms with E-state index in [1.807, 2.05) is 0 Å². The maximum absolute atomic E-state index is 9.53. The SMILES string of the molecule is OC1CC[N]C(N2CCCC(O)C2)C1. The summed E-state index contributed by atoms with van der Waals surface area (Å²) in [4.78, 5) is 2.20. The van der Waals surface area contributed by atoms with Crippen LogP contribution in [-0.4, -0.2) is 53.1 Å². The van der Waals surface area contributed by atoms with Crippen molar-refractivity contribution in [2.24, 2.45) is 0 Å². The van der Waals surface area contributed by atoms with Gasteiger partial charge in [0.2, 0.25) is 0 Å². The van der Waals surface area contributed by atoms with Gasteiger partial charge in [-0.25, -0.2) is 5.32 Å². The molecular formula is C10H19N2O2. The van der Waals surface area contributed by atoms with Gasteiger partial charge in [-0.2, -0.15) is 0 Å². The van der Waals surface area contributed by atoms with E-state index in [1.54, 1.807) is 0 Å². The molecule has 3 atom stereocenters. The van der Waals surface area contributed by atoms with Crippen molar-refractivity contribution >= 4 is 0 Å². The topological polar surface area (TPSA) is 57.8 Å². The fraction of sp³-hybridized carbons (Fsp3) is 1.00. The molecule has 4 nitrogen and oxygen atoms in total. The molecule has 2 saturated heterocycles. The minimum absolute atomic E-state index is 0.147. The molecule has 0 aromatic carbocycles. The zero-order chi connectivity index (χ0) is 9.97. The molecule has 2 N–H and O–H groups in total. The van der Waals surface area contributed by atoms with Gasteiger partial charge in [0.1, 0.15) is 0 Å². The summed E-state index contributed by atoms with van der Waals surface area (Å²) in [5, 5.41) is 23.6. The molecule has 3 unspecified atom stereocenters.